The molecule has 124 valence electrons. The second kappa shape index (κ2) is 6.90. The lowest BCUT2D eigenvalue weighted by Crippen LogP contribution is -2.18. The predicted octanol–water partition coefficient (Wildman–Crippen LogP) is 3.63. The molecule has 7 heteroatoms. The number of hydrogen-bond donors (Lipinski definition) is 2. The van der Waals surface area contributed by atoms with Crippen molar-refractivity contribution in [2.75, 3.05) is 6.61 Å². The summed E-state index contributed by atoms with van der Waals surface area (Å²) in [6, 6.07) is 11.0. The Kier molecular flexibility index (Phi) is 4.69. The van der Waals surface area contributed by atoms with Crippen molar-refractivity contribution in [3.8, 4) is 5.75 Å². The lowest BCUT2D eigenvalue weighted by molar-refractivity contribution is 0.0706. The van der Waals surface area contributed by atoms with Gasteiger partial charge in [-0.25, -0.2) is 9.87 Å². The molecule has 0 spiro atoms. The zero-order chi connectivity index (χ0) is 17.1. The fourth-order valence-corrected chi connectivity index (χ4v) is 2.65. The number of fused-ring (bicyclic) bond motifs is 1. The first-order valence-electron chi connectivity index (χ1n) is 7.19. The number of carbonyl (C=O) groups excluding carboxylic acids is 1. The van der Waals surface area contributed by atoms with Gasteiger partial charge in [0.15, 0.2) is 0 Å². The number of rotatable bonds is 5. The monoisotopic (exact) mass is 348 g/mol. The third kappa shape index (κ3) is 3.34. The molecule has 0 aliphatic carbocycles. The molecule has 5 nitrogen and oxygen atoms in total. The molecule has 1 aromatic heterocycles. The van der Waals surface area contributed by atoms with Gasteiger partial charge in [0.25, 0.3) is 5.91 Å². The third-order valence-corrected chi connectivity index (χ3v) is 3.92. The summed E-state index contributed by atoms with van der Waals surface area (Å²) in [5, 5.41) is 9.91. The van der Waals surface area contributed by atoms with Crippen molar-refractivity contribution < 1.29 is 19.1 Å². The molecular weight excluding hydrogens is 335 g/mol. The Morgan fingerprint density at radius 1 is 1.25 bits per heavy atom. The minimum Gasteiger partial charge on any atom is -0.490 e. The fourth-order valence-electron chi connectivity index (χ4n) is 2.43. The lowest BCUT2D eigenvalue weighted by Gasteiger charge is -2.10. The number of aromatic nitrogens is 1. The van der Waals surface area contributed by atoms with E-state index in [2.05, 4.69) is 0 Å². The van der Waals surface area contributed by atoms with E-state index >= 15 is 0 Å². The molecule has 0 saturated carbocycles. The van der Waals surface area contributed by atoms with Gasteiger partial charge < -0.3 is 9.30 Å². The Morgan fingerprint density at radius 3 is 2.83 bits per heavy atom. The van der Waals surface area contributed by atoms with Crippen molar-refractivity contribution in [2.24, 2.45) is 0 Å². The zero-order valence-corrected chi connectivity index (χ0v) is 13.3. The van der Waals surface area contributed by atoms with Crippen LogP contribution in [0, 0.1) is 5.82 Å². The summed E-state index contributed by atoms with van der Waals surface area (Å²) >= 11 is 5.92. The second-order valence-corrected chi connectivity index (χ2v) is 5.55. The largest absolute Gasteiger partial charge is 0.490 e. The summed E-state index contributed by atoms with van der Waals surface area (Å²) < 4.78 is 20.5. The normalized spacial score (nSPS) is 10.8. The molecule has 24 heavy (non-hydrogen) atoms. The molecule has 0 saturated heterocycles. The quantitative estimate of drug-likeness (QED) is 0.546. The van der Waals surface area contributed by atoms with Crippen LogP contribution in [0.25, 0.3) is 10.9 Å². The predicted molar refractivity (Wildman–Crippen MR) is 88.1 cm³/mol. The highest BCUT2D eigenvalue weighted by molar-refractivity contribution is 6.32. The van der Waals surface area contributed by atoms with E-state index in [1.807, 2.05) is 16.8 Å². The number of nitrogens with zero attached hydrogens (tertiary/aromatic N) is 1. The molecule has 3 rings (SSSR count). The molecule has 0 atom stereocenters. The fraction of sp³-hybridized carbons (Fsp3) is 0.118. The van der Waals surface area contributed by atoms with E-state index in [1.54, 1.807) is 23.7 Å². The maximum atomic E-state index is 13.0. The van der Waals surface area contributed by atoms with E-state index in [0.29, 0.717) is 24.5 Å². The molecule has 1 heterocycles. The highest BCUT2D eigenvalue weighted by Crippen LogP contribution is 2.25. The van der Waals surface area contributed by atoms with Crippen LogP contribution in [0.5, 0.6) is 5.75 Å². The van der Waals surface area contributed by atoms with E-state index in [4.69, 9.17) is 21.5 Å². The molecule has 0 radical (unpaired) electrons. The number of nitrogens with one attached hydrogen (secondary N) is 1. The van der Waals surface area contributed by atoms with Gasteiger partial charge in [-0.05, 0) is 41.8 Å². The van der Waals surface area contributed by atoms with Crippen molar-refractivity contribution in [1.82, 2.24) is 10.0 Å². The number of ether oxygens (including phenoxy) is 1. The molecule has 1 amide bonds. The number of benzene rings is 2. The van der Waals surface area contributed by atoms with Crippen molar-refractivity contribution in [1.29, 1.82) is 0 Å². The van der Waals surface area contributed by atoms with Crippen LogP contribution < -0.4 is 10.2 Å². The van der Waals surface area contributed by atoms with E-state index < -0.39 is 11.7 Å². The van der Waals surface area contributed by atoms with Crippen molar-refractivity contribution in [3.63, 3.8) is 0 Å². The molecule has 3 aromatic rings. The molecule has 2 aromatic carbocycles. The van der Waals surface area contributed by atoms with Crippen molar-refractivity contribution in [2.45, 2.75) is 6.54 Å². The Bertz CT molecular complexity index is 895. The minimum absolute atomic E-state index is 0.217. The van der Waals surface area contributed by atoms with Crippen LogP contribution in [0.1, 0.15) is 10.4 Å². The van der Waals surface area contributed by atoms with E-state index in [9.17, 15) is 9.18 Å². The van der Waals surface area contributed by atoms with E-state index in [0.717, 1.165) is 10.9 Å². The SMILES string of the molecule is O=C(NO)c1ccc2ccn(CCOc3ccc(F)cc3Cl)c2c1. The summed E-state index contributed by atoms with van der Waals surface area (Å²) in [5.41, 5.74) is 2.81. The Balaban J connectivity index is 1.74. The van der Waals surface area contributed by atoms with Gasteiger partial charge in [0, 0.05) is 17.3 Å². The highest BCUT2D eigenvalue weighted by atomic mass is 35.5. The summed E-state index contributed by atoms with van der Waals surface area (Å²) in [5.74, 6) is -0.577. The highest BCUT2D eigenvalue weighted by Gasteiger charge is 2.08. The maximum Gasteiger partial charge on any atom is 0.274 e. The van der Waals surface area contributed by atoms with Gasteiger partial charge >= 0.3 is 0 Å². The number of hydrogen-bond acceptors (Lipinski definition) is 3. The summed E-state index contributed by atoms with van der Waals surface area (Å²) in [6.07, 6.45) is 1.88. The van der Waals surface area contributed by atoms with Crippen LogP contribution in [0.15, 0.2) is 48.7 Å². The van der Waals surface area contributed by atoms with Gasteiger partial charge in [-0.3, -0.25) is 10.0 Å². The molecule has 0 aliphatic heterocycles. The molecule has 2 N–H and O–H groups in total. The minimum atomic E-state index is -0.570. The lowest BCUT2D eigenvalue weighted by atomic mass is 10.1. The Hall–Kier alpha value is -2.57. The van der Waals surface area contributed by atoms with Gasteiger partial charge in [-0.1, -0.05) is 17.7 Å². The van der Waals surface area contributed by atoms with Gasteiger partial charge in [0.1, 0.15) is 18.2 Å². The average molecular weight is 349 g/mol. The van der Waals surface area contributed by atoms with Gasteiger partial charge in [0.2, 0.25) is 0 Å². The summed E-state index contributed by atoms with van der Waals surface area (Å²) in [7, 11) is 0. The standard InChI is InChI=1S/C17H14ClFN2O3/c18-14-10-13(19)3-4-16(14)24-8-7-21-6-5-11-1-2-12(9-15(11)21)17(22)20-23/h1-6,9-10,23H,7-8H2,(H,20,22). The molecular formula is C17H14ClFN2O3. The van der Waals surface area contributed by atoms with E-state index in [-0.39, 0.29) is 5.02 Å². The van der Waals surface area contributed by atoms with Gasteiger partial charge in [-0.15, -0.1) is 0 Å². The van der Waals surface area contributed by atoms with Crippen LogP contribution in [-0.2, 0) is 6.54 Å². The van der Waals surface area contributed by atoms with Crippen LogP contribution >= 0.6 is 11.6 Å². The first-order valence-corrected chi connectivity index (χ1v) is 7.57. The average Bonchev–Trinajstić information content (AvgIpc) is 2.98. The molecule has 0 fully saturated rings. The molecule has 0 bridgehead atoms. The summed E-state index contributed by atoms with van der Waals surface area (Å²) in [6.45, 7) is 0.840. The zero-order valence-electron chi connectivity index (χ0n) is 12.5. The first kappa shape index (κ1) is 16.3. The second-order valence-electron chi connectivity index (χ2n) is 5.15. The van der Waals surface area contributed by atoms with Gasteiger partial charge in [-0.2, -0.15) is 0 Å². The van der Waals surface area contributed by atoms with Gasteiger partial charge in [0.05, 0.1) is 11.6 Å². The maximum absolute atomic E-state index is 13.0. The van der Waals surface area contributed by atoms with E-state index in [1.165, 1.54) is 18.2 Å². The van der Waals surface area contributed by atoms with Crippen LogP contribution in [0.4, 0.5) is 4.39 Å². The van der Waals surface area contributed by atoms with Crippen LogP contribution in [0.3, 0.4) is 0 Å². The Labute approximate surface area is 142 Å². The number of carbonyl (C=O) groups is 1. The molecule has 0 aliphatic rings. The molecule has 0 unspecified atom stereocenters. The topological polar surface area (TPSA) is 63.5 Å². The van der Waals surface area contributed by atoms with Crippen molar-refractivity contribution in [3.05, 3.63) is 65.1 Å². The Morgan fingerprint density at radius 2 is 2.08 bits per heavy atom. The number of hydroxylamine groups is 1. The smallest absolute Gasteiger partial charge is 0.274 e. The third-order valence-electron chi connectivity index (χ3n) is 3.62. The first-order chi connectivity index (χ1) is 11.6. The summed E-state index contributed by atoms with van der Waals surface area (Å²) in [4.78, 5) is 11.5. The number of halogens is 2. The van der Waals surface area contributed by atoms with Crippen LogP contribution in [0.2, 0.25) is 5.02 Å². The van der Waals surface area contributed by atoms with Crippen LogP contribution in [-0.4, -0.2) is 22.3 Å². The number of amides is 1. The van der Waals surface area contributed by atoms with Crippen molar-refractivity contribution >= 4 is 28.4 Å².